The second-order valence-corrected chi connectivity index (χ2v) is 5.24. The molecule has 4 nitrogen and oxygen atoms in total. The molecule has 1 unspecified atom stereocenters. The van der Waals surface area contributed by atoms with E-state index in [2.05, 4.69) is 18.7 Å². The van der Waals surface area contributed by atoms with Crippen LogP contribution in [0.1, 0.15) is 19.4 Å². The lowest BCUT2D eigenvalue weighted by atomic mass is 10.2. The number of benzene rings is 1. The van der Waals surface area contributed by atoms with Crippen LogP contribution in [-0.2, 0) is 11.3 Å². The molecule has 0 radical (unpaired) electrons. The molecule has 0 aromatic heterocycles. The maximum atomic E-state index is 5.81. The smallest absolute Gasteiger partial charge is 0.119 e. The van der Waals surface area contributed by atoms with Gasteiger partial charge >= 0.3 is 0 Å². The number of morpholine rings is 1. The summed E-state index contributed by atoms with van der Waals surface area (Å²) in [4.78, 5) is 2.42. The highest BCUT2D eigenvalue weighted by Crippen LogP contribution is 2.15. The Kier molecular flexibility index (Phi) is 5.19. The number of hydrogen-bond donors (Lipinski definition) is 1. The van der Waals surface area contributed by atoms with Crippen LogP contribution in [0, 0.1) is 0 Å². The zero-order chi connectivity index (χ0) is 13.7. The molecule has 1 aromatic rings. The molecule has 1 fully saturated rings. The average Bonchev–Trinajstić information content (AvgIpc) is 2.45. The van der Waals surface area contributed by atoms with Gasteiger partial charge in [-0.15, -0.1) is 0 Å². The van der Waals surface area contributed by atoms with Crippen molar-refractivity contribution in [2.75, 3.05) is 26.3 Å². The second-order valence-electron chi connectivity index (χ2n) is 5.24. The van der Waals surface area contributed by atoms with Crippen LogP contribution in [-0.4, -0.2) is 43.3 Å². The molecule has 0 aliphatic carbocycles. The molecule has 1 aliphatic heterocycles. The SMILES string of the molecule is CC(C)N1CCOC(COc2cccc(CN)c2)C1. The summed E-state index contributed by atoms with van der Waals surface area (Å²) in [7, 11) is 0. The molecule has 0 bridgehead atoms. The van der Waals surface area contributed by atoms with Crippen molar-refractivity contribution in [2.45, 2.75) is 32.5 Å². The van der Waals surface area contributed by atoms with Gasteiger partial charge in [-0.1, -0.05) is 12.1 Å². The quantitative estimate of drug-likeness (QED) is 0.878. The molecular formula is C15H24N2O2. The number of rotatable bonds is 5. The second kappa shape index (κ2) is 6.89. The minimum Gasteiger partial charge on any atom is -0.491 e. The standard InChI is InChI=1S/C15H24N2O2/c1-12(2)17-6-7-18-15(10-17)11-19-14-5-3-4-13(8-14)9-16/h3-5,8,12,15H,6-7,9-11,16H2,1-2H3. The Bertz CT molecular complexity index is 395. The van der Waals surface area contributed by atoms with E-state index in [4.69, 9.17) is 15.2 Å². The maximum Gasteiger partial charge on any atom is 0.119 e. The first-order valence-corrected chi connectivity index (χ1v) is 6.96. The van der Waals surface area contributed by atoms with Crippen LogP contribution in [0.25, 0.3) is 0 Å². The topological polar surface area (TPSA) is 47.7 Å². The number of nitrogens with two attached hydrogens (primary N) is 1. The summed E-state index contributed by atoms with van der Waals surface area (Å²) < 4.78 is 11.6. The molecule has 0 spiro atoms. The van der Waals surface area contributed by atoms with Gasteiger partial charge in [-0.05, 0) is 31.5 Å². The monoisotopic (exact) mass is 264 g/mol. The minimum absolute atomic E-state index is 0.151. The Morgan fingerprint density at radius 3 is 3.05 bits per heavy atom. The number of hydrogen-bond acceptors (Lipinski definition) is 4. The normalized spacial score (nSPS) is 20.7. The lowest BCUT2D eigenvalue weighted by Crippen LogP contribution is -2.47. The Labute approximate surface area is 115 Å². The van der Waals surface area contributed by atoms with Crippen molar-refractivity contribution in [2.24, 2.45) is 5.73 Å². The van der Waals surface area contributed by atoms with Crippen LogP contribution in [0.4, 0.5) is 0 Å². The first-order valence-electron chi connectivity index (χ1n) is 6.96. The van der Waals surface area contributed by atoms with Gasteiger partial charge in [0.15, 0.2) is 0 Å². The van der Waals surface area contributed by atoms with E-state index in [0.29, 0.717) is 19.2 Å². The van der Waals surface area contributed by atoms with Crippen molar-refractivity contribution in [3.63, 3.8) is 0 Å². The molecule has 2 rings (SSSR count). The van der Waals surface area contributed by atoms with Crippen molar-refractivity contribution in [3.05, 3.63) is 29.8 Å². The minimum atomic E-state index is 0.151. The molecule has 0 amide bonds. The van der Waals surface area contributed by atoms with Crippen molar-refractivity contribution in [1.82, 2.24) is 4.90 Å². The molecular weight excluding hydrogens is 240 g/mol. The fourth-order valence-corrected chi connectivity index (χ4v) is 2.26. The molecule has 2 N–H and O–H groups in total. The van der Waals surface area contributed by atoms with E-state index in [1.54, 1.807) is 0 Å². The first-order chi connectivity index (χ1) is 9.19. The van der Waals surface area contributed by atoms with Crippen molar-refractivity contribution in [3.8, 4) is 5.75 Å². The summed E-state index contributed by atoms with van der Waals surface area (Å²) in [5.41, 5.74) is 6.71. The van der Waals surface area contributed by atoms with Gasteiger partial charge in [0.2, 0.25) is 0 Å². The van der Waals surface area contributed by atoms with Crippen molar-refractivity contribution in [1.29, 1.82) is 0 Å². The van der Waals surface area contributed by atoms with Crippen LogP contribution in [0.2, 0.25) is 0 Å². The van der Waals surface area contributed by atoms with E-state index >= 15 is 0 Å². The van der Waals surface area contributed by atoms with Gasteiger partial charge in [0.1, 0.15) is 18.5 Å². The summed E-state index contributed by atoms with van der Waals surface area (Å²) in [5, 5.41) is 0. The van der Waals surface area contributed by atoms with Crippen LogP contribution in [0.3, 0.4) is 0 Å². The Hall–Kier alpha value is -1.10. The molecule has 1 heterocycles. The fourth-order valence-electron chi connectivity index (χ4n) is 2.26. The number of nitrogens with zero attached hydrogens (tertiary/aromatic N) is 1. The van der Waals surface area contributed by atoms with Gasteiger partial charge in [0.05, 0.1) is 6.61 Å². The van der Waals surface area contributed by atoms with Crippen LogP contribution in [0.15, 0.2) is 24.3 Å². The largest absolute Gasteiger partial charge is 0.491 e. The highest BCUT2D eigenvalue weighted by Gasteiger charge is 2.22. The van der Waals surface area contributed by atoms with Gasteiger partial charge < -0.3 is 15.2 Å². The van der Waals surface area contributed by atoms with Gasteiger partial charge in [-0.25, -0.2) is 0 Å². The zero-order valence-corrected chi connectivity index (χ0v) is 11.8. The third-order valence-electron chi connectivity index (χ3n) is 3.47. The van der Waals surface area contributed by atoms with Crippen LogP contribution in [0.5, 0.6) is 5.75 Å². The summed E-state index contributed by atoms with van der Waals surface area (Å²) in [6, 6.07) is 8.49. The predicted molar refractivity (Wildman–Crippen MR) is 76.3 cm³/mol. The molecule has 19 heavy (non-hydrogen) atoms. The third-order valence-corrected chi connectivity index (χ3v) is 3.47. The van der Waals surface area contributed by atoms with E-state index in [1.807, 2.05) is 24.3 Å². The molecule has 106 valence electrons. The lowest BCUT2D eigenvalue weighted by molar-refractivity contribution is -0.0564. The fraction of sp³-hybridized carbons (Fsp3) is 0.600. The summed E-state index contributed by atoms with van der Waals surface area (Å²) in [5.74, 6) is 0.869. The predicted octanol–water partition coefficient (Wildman–Crippen LogP) is 1.63. The molecule has 1 saturated heterocycles. The zero-order valence-electron chi connectivity index (χ0n) is 11.8. The summed E-state index contributed by atoms with van der Waals surface area (Å²) >= 11 is 0. The highest BCUT2D eigenvalue weighted by atomic mass is 16.5. The molecule has 4 heteroatoms. The van der Waals surface area contributed by atoms with E-state index in [9.17, 15) is 0 Å². The van der Waals surface area contributed by atoms with Crippen LogP contribution >= 0.6 is 0 Å². The Morgan fingerprint density at radius 2 is 2.32 bits per heavy atom. The van der Waals surface area contributed by atoms with Gasteiger partial charge in [0, 0.05) is 25.7 Å². The van der Waals surface area contributed by atoms with E-state index < -0.39 is 0 Å². The first kappa shape index (κ1) is 14.3. The summed E-state index contributed by atoms with van der Waals surface area (Å²) in [6.45, 7) is 8.30. The van der Waals surface area contributed by atoms with Crippen LogP contribution < -0.4 is 10.5 Å². The third kappa shape index (κ3) is 4.20. The maximum absolute atomic E-state index is 5.81. The lowest BCUT2D eigenvalue weighted by Gasteiger charge is -2.35. The van der Waals surface area contributed by atoms with Gasteiger partial charge in [-0.2, -0.15) is 0 Å². The number of ether oxygens (including phenoxy) is 2. The molecule has 1 aliphatic rings. The average molecular weight is 264 g/mol. The van der Waals surface area contributed by atoms with Gasteiger partial charge in [-0.3, -0.25) is 4.90 Å². The molecule has 0 saturated carbocycles. The summed E-state index contributed by atoms with van der Waals surface area (Å²) in [6.07, 6.45) is 0.151. The molecule has 1 atom stereocenters. The van der Waals surface area contributed by atoms with Crippen molar-refractivity contribution >= 4 is 0 Å². The highest BCUT2D eigenvalue weighted by molar-refractivity contribution is 5.28. The van der Waals surface area contributed by atoms with E-state index in [-0.39, 0.29) is 6.10 Å². The van der Waals surface area contributed by atoms with Crippen molar-refractivity contribution < 1.29 is 9.47 Å². The van der Waals surface area contributed by atoms with E-state index in [0.717, 1.165) is 31.0 Å². The van der Waals surface area contributed by atoms with E-state index in [1.165, 1.54) is 0 Å². The Morgan fingerprint density at radius 1 is 1.47 bits per heavy atom. The van der Waals surface area contributed by atoms with Gasteiger partial charge in [0.25, 0.3) is 0 Å². The Balaban J connectivity index is 1.84. The molecule has 1 aromatic carbocycles.